The number of hydrogen-bond donors (Lipinski definition) is 1. The summed E-state index contributed by atoms with van der Waals surface area (Å²) in [7, 11) is 0. The van der Waals surface area contributed by atoms with Crippen LogP contribution in [-0.4, -0.2) is 56.3 Å². The average molecular weight is 359 g/mol. The first-order valence-electron chi connectivity index (χ1n) is 9.28. The second kappa shape index (κ2) is 6.55. The van der Waals surface area contributed by atoms with Gasteiger partial charge in [-0.3, -0.25) is 9.69 Å². The summed E-state index contributed by atoms with van der Waals surface area (Å²) in [5, 5.41) is 0.996. The Morgan fingerprint density at radius 3 is 2.74 bits per heavy atom. The zero-order valence-electron chi connectivity index (χ0n) is 15.0. The predicted molar refractivity (Wildman–Crippen MR) is 105 cm³/mol. The van der Waals surface area contributed by atoms with Gasteiger partial charge in [-0.1, -0.05) is 24.3 Å². The zero-order valence-corrected chi connectivity index (χ0v) is 15.0. The van der Waals surface area contributed by atoms with Crippen molar-refractivity contribution < 1.29 is 4.79 Å². The molecule has 0 spiro atoms. The number of aromatic amines is 1. The lowest BCUT2D eigenvalue weighted by atomic mass is 10.1. The Balaban J connectivity index is 1.27. The molecule has 0 saturated carbocycles. The summed E-state index contributed by atoms with van der Waals surface area (Å²) in [5.74, 6) is 0.113. The molecular weight excluding hydrogens is 338 g/mol. The average Bonchev–Trinajstić information content (AvgIpc) is 3.33. The number of aromatic nitrogens is 3. The van der Waals surface area contributed by atoms with Crippen molar-refractivity contribution in [3.63, 3.8) is 0 Å². The van der Waals surface area contributed by atoms with Crippen LogP contribution in [0.4, 0.5) is 0 Å². The van der Waals surface area contributed by atoms with Gasteiger partial charge in [0.05, 0.1) is 17.5 Å². The van der Waals surface area contributed by atoms with E-state index in [2.05, 4.69) is 25.5 Å². The molecule has 0 atom stereocenters. The fraction of sp³-hybridized carbons (Fsp3) is 0.238. The minimum atomic E-state index is 0.113. The molecule has 27 heavy (non-hydrogen) atoms. The van der Waals surface area contributed by atoms with Crippen molar-refractivity contribution in [2.75, 3.05) is 26.2 Å². The lowest BCUT2D eigenvalue weighted by Crippen LogP contribution is -2.48. The Kier molecular flexibility index (Phi) is 3.90. The molecular formula is C21H21N5O. The molecule has 0 radical (unpaired) electrons. The molecule has 6 heteroatoms. The summed E-state index contributed by atoms with van der Waals surface area (Å²) in [6.45, 7) is 4.08. The minimum absolute atomic E-state index is 0.113. The Bertz CT molecular complexity index is 1100. The SMILES string of the molecule is O=C(c1c[nH]c2ccccc12)N1CCN(Cc2cnc3ccccn23)CC1. The zero-order chi connectivity index (χ0) is 18.2. The highest BCUT2D eigenvalue weighted by Crippen LogP contribution is 2.20. The van der Waals surface area contributed by atoms with Crippen LogP contribution in [0.2, 0.25) is 0 Å². The van der Waals surface area contributed by atoms with Crippen molar-refractivity contribution in [2.45, 2.75) is 6.54 Å². The molecule has 4 heterocycles. The van der Waals surface area contributed by atoms with E-state index >= 15 is 0 Å². The topological polar surface area (TPSA) is 56.6 Å². The number of piperazine rings is 1. The first-order valence-corrected chi connectivity index (χ1v) is 9.28. The number of para-hydroxylation sites is 1. The normalized spacial score (nSPS) is 15.6. The third kappa shape index (κ3) is 2.88. The summed E-state index contributed by atoms with van der Waals surface area (Å²) in [6.07, 6.45) is 5.82. The van der Waals surface area contributed by atoms with E-state index < -0.39 is 0 Å². The molecule has 1 amide bonds. The van der Waals surface area contributed by atoms with Gasteiger partial charge in [-0.05, 0) is 18.2 Å². The van der Waals surface area contributed by atoms with Crippen LogP contribution < -0.4 is 0 Å². The third-order valence-corrected chi connectivity index (χ3v) is 5.36. The van der Waals surface area contributed by atoms with E-state index in [9.17, 15) is 4.79 Å². The van der Waals surface area contributed by atoms with Gasteiger partial charge in [0.2, 0.25) is 0 Å². The maximum atomic E-state index is 12.9. The highest BCUT2D eigenvalue weighted by atomic mass is 16.2. The van der Waals surface area contributed by atoms with Crippen LogP contribution in [0.3, 0.4) is 0 Å². The van der Waals surface area contributed by atoms with Crippen molar-refractivity contribution in [1.82, 2.24) is 24.2 Å². The second-order valence-corrected chi connectivity index (χ2v) is 6.99. The van der Waals surface area contributed by atoms with E-state index in [4.69, 9.17) is 0 Å². The number of rotatable bonds is 3. The Labute approximate surface area is 157 Å². The number of carbonyl (C=O) groups is 1. The van der Waals surface area contributed by atoms with Crippen LogP contribution in [-0.2, 0) is 6.54 Å². The van der Waals surface area contributed by atoms with Crippen LogP contribution >= 0.6 is 0 Å². The monoisotopic (exact) mass is 359 g/mol. The van der Waals surface area contributed by atoms with Crippen molar-refractivity contribution in [3.05, 3.63) is 72.3 Å². The highest BCUT2D eigenvalue weighted by Gasteiger charge is 2.24. The number of fused-ring (bicyclic) bond motifs is 2. The number of pyridine rings is 1. The standard InChI is InChI=1S/C21H21N5O/c27-21(18-14-22-19-6-2-1-5-17(18)19)25-11-9-24(10-12-25)15-16-13-23-20-7-3-4-8-26(16)20/h1-8,13-14,22H,9-12,15H2. The first kappa shape index (κ1) is 16.1. The number of carbonyl (C=O) groups excluding carboxylic acids is 1. The molecule has 0 bridgehead atoms. The van der Waals surface area contributed by atoms with Crippen LogP contribution in [0.1, 0.15) is 16.1 Å². The van der Waals surface area contributed by atoms with E-state index in [1.165, 1.54) is 5.69 Å². The number of benzene rings is 1. The number of nitrogens with zero attached hydrogens (tertiary/aromatic N) is 4. The van der Waals surface area contributed by atoms with Crippen molar-refractivity contribution in [2.24, 2.45) is 0 Å². The fourth-order valence-corrected chi connectivity index (χ4v) is 3.86. The van der Waals surface area contributed by atoms with Crippen molar-refractivity contribution in [1.29, 1.82) is 0 Å². The van der Waals surface area contributed by atoms with E-state index in [0.717, 1.165) is 54.8 Å². The maximum absolute atomic E-state index is 12.9. The van der Waals surface area contributed by atoms with Gasteiger partial charge >= 0.3 is 0 Å². The summed E-state index contributed by atoms with van der Waals surface area (Å²) in [5.41, 5.74) is 3.93. The molecule has 1 aliphatic rings. The molecule has 1 saturated heterocycles. The highest BCUT2D eigenvalue weighted by molar-refractivity contribution is 6.06. The molecule has 4 aromatic rings. The van der Waals surface area contributed by atoms with E-state index in [0.29, 0.717) is 0 Å². The molecule has 0 aliphatic carbocycles. The smallest absolute Gasteiger partial charge is 0.256 e. The van der Waals surface area contributed by atoms with E-state index in [-0.39, 0.29) is 5.91 Å². The molecule has 1 aromatic carbocycles. The molecule has 1 aliphatic heterocycles. The van der Waals surface area contributed by atoms with Crippen LogP contribution in [0.25, 0.3) is 16.6 Å². The lowest BCUT2D eigenvalue weighted by Gasteiger charge is -2.34. The predicted octanol–water partition coefficient (Wildman–Crippen LogP) is 2.77. The van der Waals surface area contributed by atoms with Gasteiger partial charge in [0.1, 0.15) is 5.65 Å². The Hall–Kier alpha value is -3.12. The molecule has 1 N–H and O–H groups in total. The number of amides is 1. The van der Waals surface area contributed by atoms with Crippen LogP contribution in [0, 0.1) is 0 Å². The van der Waals surface area contributed by atoms with Gasteiger partial charge in [-0.2, -0.15) is 0 Å². The van der Waals surface area contributed by atoms with Gasteiger partial charge in [0, 0.05) is 56.0 Å². The largest absolute Gasteiger partial charge is 0.360 e. The summed E-state index contributed by atoms with van der Waals surface area (Å²) in [4.78, 5) is 24.9. The van der Waals surface area contributed by atoms with E-state index in [1.807, 2.05) is 59.8 Å². The third-order valence-electron chi connectivity index (χ3n) is 5.36. The first-order chi connectivity index (χ1) is 13.3. The number of nitrogens with one attached hydrogen (secondary N) is 1. The Morgan fingerprint density at radius 2 is 1.85 bits per heavy atom. The van der Waals surface area contributed by atoms with Gasteiger partial charge < -0.3 is 14.3 Å². The van der Waals surface area contributed by atoms with Gasteiger partial charge in [-0.25, -0.2) is 4.98 Å². The summed E-state index contributed by atoms with van der Waals surface area (Å²) >= 11 is 0. The van der Waals surface area contributed by atoms with Crippen LogP contribution in [0.15, 0.2) is 61.1 Å². The molecule has 0 unspecified atom stereocenters. The Morgan fingerprint density at radius 1 is 1.04 bits per heavy atom. The summed E-state index contributed by atoms with van der Waals surface area (Å²) in [6, 6.07) is 14.0. The number of H-pyrrole nitrogens is 1. The summed E-state index contributed by atoms with van der Waals surface area (Å²) < 4.78 is 2.13. The number of imidazole rings is 1. The quantitative estimate of drug-likeness (QED) is 0.612. The van der Waals surface area contributed by atoms with Crippen LogP contribution in [0.5, 0.6) is 0 Å². The molecule has 3 aromatic heterocycles. The van der Waals surface area contributed by atoms with E-state index in [1.54, 1.807) is 0 Å². The maximum Gasteiger partial charge on any atom is 0.256 e. The van der Waals surface area contributed by atoms with Crippen molar-refractivity contribution in [3.8, 4) is 0 Å². The van der Waals surface area contributed by atoms with Gasteiger partial charge in [-0.15, -0.1) is 0 Å². The molecule has 5 rings (SSSR count). The number of hydrogen-bond acceptors (Lipinski definition) is 3. The second-order valence-electron chi connectivity index (χ2n) is 6.99. The molecule has 6 nitrogen and oxygen atoms in total. The van der Waals surface area contributed by atoms with Gasteiger partial charge in [0.25, 0.3) is 5.91 Å². The fourth-order valence-electron chi connectivity index (χ4n) is 3.86. The molecule has 136 valence electrons. The lowest BCUT2D eigenvalue weighted by molar-refractivity contribution is 0.0628. The molecule has 1 fully saturated rings. The minimum Gasteiger partial charge on any atom is -0.360 e. The van der Waals surface area contributed by atoms with Gasteiger partial charge in [0.15, 0.2) is 0 Å². The van der Waals surface area contributed by atoms with Crippen molar-refractivity contribution >= 4 is 22.5 Å².